The van der Waals surface area contributed by atoms with Crippen molar-refractivity contribution in [3.05, 3.63) is 21.9 Å². The lowest BCUT2D eigenvalue weighted by atomic mass is 10.1. The molecule has 0 spiro atoms. The van der Waals surface area contributed by atoms with Crippen molar-refractivity contribution in [3.63, 3.8) is 0 Å². The minimum absolute atomic E-state index is 0.219. The molecule has 0 aliphatic carbocycles. The molecule has 1 aromatic heterocycles. The molecule has 1 nitrogen and oxygen atoms in total. The van der Waals surface area contributed by atoms with Crippen LogP contribution in [0.1, 0.15) is 29.5 Å². The number of hydrogen-bond acceptors (Lipinski definition) is 2. The van der Waals surface area contributed by atoms with Crippen LogP contribution < -0.4 is 0 Å². The van der Waals surface area contributed by atoms with Crippen LogP contribution in [-0.2, 0) is 12.8 Å². The highest BCUT2D eigenvalue weighted by molar-refractivity contribution is 7.11. The number of aryl methyl sites for hydroxylation is 1. The Morgan fingerprint density at radius 3 is 2.44 bits per heavy atom. The maximum absolute atomic E-state index is 11.9. The molecule has 0 amide bonds. The summed E-state index contributed by atoms with van der Waals surface area (Å²) in [6, 6.07) is 3.83. The van der Waals surface area contributed by atoms with E-state index in [1.807, 2.05) is 19.1 Å². The van der Waals surface area contributed by atoms with E-state index in [1.54, 1.807) is 11.3 Å². The van der Waals surface area contributed by atoms with E-state index in [-0.39, 0.29) is 6.42 Å². The first-order valence-corrected chi connectivity index (χ1v) is 6.04. The molecule has 1 aromatic rings. The van der Waals surface area contributed by atoms with Gasteiger partial charge in [-0.25, -0.2) is 0 Å². The third-order valence-corrected chi connectivity index (χ3v) is 3.52. The van der Waals surface area contributed by atoms with E-state index in [1.165, 1.54) is 4.88 Å². The smallest absolute Gasteiger partial charge is 0.389 e. The molecule has 0 aromatic carbocycles. The Bertz CT molecular complexity index is 319. The van der Waals surface area contributed by atoms with Crippen LogP contribution in [0, 0.1) is 0 Å². The maximum atomic E-state index is 11.9. The Balaban J connectivity index is 2.36. The molecule has 0 fully saturated rings. The number of aliphatic hydroxyl groups excluding tert-OH is 1. The Morgan fingerprint density at radius 1 is 1.31 bits per heavy atom. The molecule has 0 radical (unpaired) electrons. The van der Waals surface area contributed by atoms with Gasteiger partial charge < -0.3 is 5.11 Å². The Kier molecular flexibility index (Phi) is 4.80. The average molecular weight is 252 g/mol. The first kappa shape index (κ1) is 13.5. The number of alkyl halides is 3. The van der Waals surface area contributed by atoms with E-state index in [0.29, 0.717) is 6.42 Å². The molecule has 1 rings (SSSR count). The molecule has 1 N–H and O–H groups in total. The van der Waals surface area contributed by atoms with Gasteiger partial charge in [-0.15, -0.1) is 11.3 Å². The van der Waals surface area contributed by atoms with Gasteiger partial charge in [-0.05, 0) is 25.0 Å². The first-order valence-electron chi connectivity index (χ1n) is 5.23. The van der Waals surface area contributed by atoms with E-state index in [4.69, 9.17) is 0 Å². The summed E-state index contributed by atoms with van der Waals surface area (Å²) in [5, 5.41) is 9.45. The van der Waals surface area contributed by atoms with E-state index < -0.39 is 18.7 Å². The van der Waals surface area contributed by atoms with Gasteiger partial charge in [0.15, 0.2) is 0 Å². The van der Waals surface area contributed by atoms with Crippen molar-refractivity contribution in [1.82, 2.24) is 0 Å². The van der Waals surface area contributed by atoms with Gasteiger partial charge in [-0.1, -0.05) is 6.92 Å². The van der Waals surface area contributed by atoms with Crippen molar-refractivity contribution in [2.24, 2.45) is 0 Å². The lowest BCUT2D eigenvalue weighted by Crippen LogP contribution is -2.15. The van der Waals surface area contributed by atoms with Gasteiger partial charge in [0.05, 0.1) is 6.10 Å². The van der Waals surface area contributed by atoms with Crippen LogP contribution >= 0.6 is 11.3 Å². The highest BCUT2D eigenvalue weighted by atomic mass is 32.1. The highest BCUT2D eigenvalue weighted by Crippen LogP contribution is 2.24. The second-order valence-corrected chi connectivity index (χ2v) is 4.99. The van der Waals surface area contributed by atoms with Crippen molar-refractivity contribution >= 4 is 11.3 Å². The van der Waals surface area contributed by atoms with E-state index >= 15 is 0 Å². The lowest BCUT2D eigenvalue weighted by Gasteiger charge is -2.11. The van der Waals surface area contributed by atoms with Gasteiger partial charge in [-0.3, -0.25) is 0 Å². The summed E-state index contributed by atoms with van der Waals surface area (Å²) in [6.07, 6.45) is -4.97. The fourth-order valence-electron chi connectivity index (χ4n) is 1.39. The first-order chi connectivity index (χ1) is 7.40. The Labute approximate surface area is 96.9 Å². The summed E-state index contributed by atoms with van der Waals surface area (Å²) in [7, 11) is 0. The Morgan fingerprint density at radius 2 is 1.94 bits per heavy atom. The number of thiophene rings is 1. The van der Waals surface area contributed by atoms with Crippen molar-refractivity contribution in [3.8, 4) is 0 Å². The van der Waals surface area contributed by atoms with Crippen LogP contribution in [0.15, 0.2) is 12.1 Å². The molecule has 0 aliphatic heterocycles. The van der Waals surface area contributed by atoms with E-state index in [2.05, 4.69) is 0 Å². The van der Waals surface area contributed by atoms with Crippen LogP contribution in [0.4, 0.5) is 13.2 Å². The number of aliphatic hydroxyl groups is 1. The molecule has 1 atom stereocenters. The summed E-state index contributed by atoms with van der Waals surface area (Å²) >= 11 is 1.55. The minimum atomic E-state index is -4.18. The quantitative estimate of drug-likeness (QED) is 0.849. The zero-order chi connectivity index (χ0) is 12.2. The maximum Gasteiger partial charge on any atom is 0.389 e. The number of hydrogen-bond donors (Lipinski definition) is 1. The predicted octanol–water partition coefficient (Wildman–Crippen LogP) is 3.56. The molecule has 0 aliphatic rings. The van der Waals surface area contributed by atoms with Crippen LogP contribution in [0.25, 0.3) is 0 Å². The monoisotopic (exact) mass is 252 g/mol. The standard InChI is InChI=1S/C11H15F3OS/c1-2-9-3-4-10(16-9)7-8(15)5-6-11(12,13)14/h3-4,8,15H,2,5-7H2,1H3. The second kappa shape index (κ2) is 5.68. The van der Waals surface area contributed by atoms with Crippen molar-refractivity contribution < 1.29 is 18.3 Å². The minimum Gasteiger partial charge on any atom is -0.393 e. The van der Waals surface area contributed by atoms with Gasteiger partial charge in [0.1, 0.15) is 0 Å². The molecule has 16 heavy (non-hydrogen) atoms. The third kappa shape index (κ3) is 4.99. The molecule has 0 saturated carbocycles. The van der Waals surface area contributed by atoms with Crippen LogP contribution in [0.3, 0.4) is 0 Å². The van der Waals surface area contributed by atoms with Crippen LogP contribution in [0.2, 0.25) is 0 Å². The predicted molar refractivity (Wildman–Crippen MR) is 58.7 cm³/mol. The molecular weight excluding hydrogens is 237 g/mol. The molecule has 0 bridgehead atoms. The summed E-state index contributed by atoms with van der Waals surface area (Å²) in [5.41, 5.74) is 0. The summed E-state index contributed by atoms with van der Waals surface area (Å²) in [6.45, 7) is 2.02. The average Bonchev–Trinajstić information content (AvgIpc) is 2.61. The molecule has 0 saturated heterocycles. The van der Waals surface area contributed by atoms with Crippen LogP contribution in [-0.4, -0.2) is 17.4 Å². The lowest BCUT2D eigenvalue weighted by molar-refractivity contribution is -0.139. The molecule has 92 valence electrons. The topological polar surface area (TPSA) is 20.2 Å². The number of rotatable bonds is 5. The second-order valence-electron chi connectivity index (χ2n) is 3.73. The van der Waals surface area contributed by atoms with E-state index in [0.717, 1.165) is 11.3 Å². The number of halogens is 3. The van der Waals surface area contributed by atoms with Crippen molar-refractivity contribution in [2.45, 2.75) is 44.9 Å². The molecule has 5 heteroatoms. The zero-order valence-electron chi connectivity index (χ0n) is 9.05. The van der Waals surface area contributed by atoms with Gasteiger partial charge >= 0.3 is 6.18 Å². The summed E-state index contributed by atoms with van der Waals surface area (Å²) in [4.78, 5) is 2.14. The van der Waals surface area contributed by atoms with Crippen molar-refractivity contribution in [2.75, 3.05) is 0 Å². The van der Waals surface area contributed by atoms with Crippen molar-refractivity contribution in [1.29, 1.82) is 0 Å². The van der Waals surface area contributed by atoms with Gasteiger partial charge in [-0.2, -0.15) is 13.2 Å². The van der Waals surface area contributed by atoms with Gasteiger partial charge in [0, 0.05) is 22.6 Å². The Hall–Kier alpha value is -0.550. The summed E-state index contributed by atoms with van der Waals surface area (Å²) < 4.78 is 35.7. The van der Waals surface area contributed by atoms with Crippen LogP contribution in [0.5, 0.6) is 0 Å². The fraction of sp³-hybridized carbons (Fsp3) is 0.636. The largest absolute Gasteiger partial charge is 0.393 e. The third-order valence-electron chi connectivity index (χ3n) is 2.26. The SMILES string of the molecule is CCc1ccc(CC(O)CCC(F)(F)F)s1. The van der Waals surface area contributed by atoms with Gasteiger partial charge in [0.2, 0.25) is 0 Å². The zero-order valence-corrected chi connectivity index (χ0v) is 9.87. The highest BCUT2D eigenvalue weighted by Gasteiger charge is 2.27. The van der Waals surface area contributed by atoms with Gasteiger partial charge in [0.25, 0.3) is 0 Å². The molecule has 1 heterocycles. The summed E-state index contributed by atoms with van der Waals surface area (Å²) in [5.74, 6) is 0. The molecule has 1 unspecified atom stereocenters. The van der Waals surface area contributed by atoms with E-state index in [9.17, 15) is 18.3 Å². The normalized spacial score (nSPS) is 14.1. The molecular formula is C11H15F3OS. The fourth-order valence-corrected chi connectivity index (χ4v) is 2.42.